The summed E-state index contributed by atoms with van der Waals surface area (Å²) in [5, 5.41) is 6.03. The molecular weight excluding hydrogens is 204 g/mol. The third-order valence-electron chi connectivity index (χ3n) is 2.59. The van der Waals surface area contributed by atoms with Crippen LogP contribution in [0.1, 0.15) is 27.7 Å². The second kappa shape index (κ2) is 8.53. The van der Waals surface area contributed by atoms with Crippen LogP contribution in [0.3, 0.4) is 0 Å². The first-order chi connectivity index (χ1) is 7.52. The van der Waals surface area contributed by atoms with Crippen molar-refractivity contribution in [3.05, 3.63) is 0 Å². The van der Waals surface area contributed by atoms with E-state index in [1.54, 1.807) is 0 Å². The van der Waals surface area contributed by atoms with Gasteiger partial charge in [0.05, 0.1) is 12.6 Å². The third kappa shape index (κ3) is 6.08. The highest BCUT2D eigenvalue weighted by molar-refractivity contribution is 5.78. The number of amides is 1. The topological polar surface area (TPSA) is 50.4 Å². The molecule has 0 radical (unpaired) electrons. The Morgan fingerprint density at radius 3 is 2.38 bits per heavy atom. The lowest BCUT2D eigenvalue weighted by molar-refractivity contribution is -0.125. The zero-order valence-corrected chi connectivity index (χ0v) is 11.2. The molecule has 0 aliphatic rings. The van der Waals surface area contributed by atoms with E-state index < -0.39 is 0 Å². The van der Waals surface area contributed by atoms with Crippen LogP contribution in [0.5, 0.6) is 0 Å². The number of rotatable bonds is 8. The molecule has 0 heterocycles. The zero-order chi connectivity index (χ0) is 12.6. The lowest BCUT2D eigenvalue weighted by Gasteiger charge is -2.24. The van der Waals surface area contributed by atoms with Gasteiger partial charge < -0.3 is 15.4 Å². The predicted molar refractivity (Wildman–Crippen MR) is 66.4 cm³/mol. The summed E-state index contributed by atoms with van der Waals surface area (Å²) >= 11 is 0. The van der Waals surface area contributed by atoms with Gasteiger partial charge in [-0.3, -0.25) is 4.79 Å². The van der Waals surface area contributed by atoms with E-state index in [-0.39, 0.29) is 17.9 Å². The molecular formula is C12H26N2O2. The fourth-order valence-corrected chi connectivity index (χ4v) is 1.37. The van der Waals surface area contributed by atoms with Gasteiger partial charge in [-0.1, -0.05) is 20.8 Å². The highest BCUT2D eigenvalue weighted by atomic mass is 16.5. The summed E-state index contributed by atoms with van der Waals surface area (Å²) in [6.07, 6.45) is 0. The molecule has 2 N–H and O–H groups in total. The molecule has 0 aromatic heterocycles. The number of carbonyl (C=O) groups is 1. The molecule has 96 valence electrons. The summed E-state index contributed by atoms with van der Waals surface area (Å²) in [4.78, 5) is 11.8. The number of ether oxygens (including phenoxy) is 1. The minimum atomic E-state index is -0.00660. The van der Waals surface area contributed by atoms with E-state index in [0.717, 1.165) is 0 Å². The van der Waals surface area contributed by atoms with Crippen molar-refractivity contribution in [3.63, 3.8) is 0 Å². The molecule has 0 rings (SSSR count). The van der Waals surface area contributed by atoms with E-state index in [1.165, 1.54) is 0 Å². The molecule has 0 aliphatic carbocycles. The van der Waals surface area contributed by atoms with Gasteiger partial charge in [0.15, 0.2) is 0 Å². The maximum absolute atomic E-state index is 11.8. The van der Waals surface area contributed by atoms with Gasteiger partial charge in [-0.25, -0.2) is 0 Å². The van der Waals surface area contributed by atoms with Crippen LogP contribution in [-0.2, 0) is 9.53 Å². The summed E-state index contributed by atoms with van der Waals surface area (Å²) in [7, 11) is 1.85. The van der Waals surface area contributed by atoms with Crippen LogP contribution in [0.15, 0.2) is 0 Å². The fourth-order valence-electron chi connectivity index (χ4n) is 1.37. The third-order valence-corrected chi connectivity index (χ3v) is 2.59. The molecule has 1 amide bonds. The molecule has 0 spiro atoms. The molecule has 0 fully saturated rings. The van der Waals surface area contributed by atoms with Gasteiger partial charge in [0.25, 0.3) is 0 Å². The van der Waals surface area contributed by atoms with Crippen LogP contribution < -0.4 is 10.6 Å². The summed E-state index contributed by atoms with van der Waals surface area (Å²) in [6, 6.07) is 0.103. The van der Waals surface area contributed by atoms with Crippen molar-refractivity contribution in [1.82, 2.24) is 10.6 Å². The SMILES string of the molecule is CCOCC(NC(=O)C(C)CNC)C(C)C. The minimum absolute atomic E-state index is 0.00660. The van der Waals surface area contributed by atoms with Crippen LogP contribution in [0, 0.1) is 11.8 Å². The van der Waals surface area contributed by atoms with Crippen molar-refractivity contribution in [2.75, 3.05) is 26.8 Å². The summed E-state index contributed by atoms with van der Waals surface area (Å²) in [5.41, 5.74) is 0. The van der Waals surface area contributed by atoms with E-state index in [9.17, 15) is 4.79 Å². The van der Waals surface area contributed by atoms with Crippen LogP contribution in [-0.4, -0.2) is 38.8 Å². The van der Waals surface area contributed by atoms with E-state index in [4.69, 9.17) is 4.74 Å². The normalized spacial score (nSPS) is 14.9. The zero-order valence-electron chi connectivity index (χ0n) is 11.2. The average molecular weight is 230 g/mol. The standard InChI is InChI=1S/C12H26N2O2/c1-6-16-8-11(9(2)3)14-12(15)10(4)7-13-5/h9-11,13H,6-8H2,1-5H3,(H,14,15). The highest BCUT2D eigenvalue weighted by Gasteiger charge is 2.19. The minimum Gasteiger partial charge on any atom is -0.380 e. The van der Waals surface area contributed by atoms with Crippen LogP contribution in [0.25, 0.3) is 0 Å². The van der Waals surface area contributed by atoms with E-state index in [0.29, 0.717) is 25.7 Å². The predicted octanol–water partition coefficient (Wildman–Crippen LogP) is 1.02. The Hall–Kier alpha value is -0.610. The summed E-state index contributed by atoms with van der Waals surface area (Å²) in [6.45, 7) is 10.0. The number of nitrogens with one attached hydrogen (secondary N) is 2. The number of hydrogen-bond acceptors (Lipinski definition) is 3. The first-order valence-corrected chi connectivity index (χ1v) is 6.05. The van der Waals surface area contributed by atoms with E-state index in [1.807, 2.05) is 20.9 Å². The number of carbonyl (C=O) groups excluding carboxylic acids is 1. The Morgan fingerprint density at radius 2 is 1.94 bits per heavy atom. The van der Waals surface area contributed by atoms with Crippen molar-refractivity contribution in [2.45, 2.75) is 33.7 Å². The molecule has 0 aromatic rings. The lowest BCUT2D eigenvalue weighted by atomic mass is 10.0. The molecule has 0 aliphatic heterocycles. The molecule has 0 saturated carbocycles. The Kier molecular flexibility index (Phi) is 8.21. The van der Waals surface area contributed by atoms with Crippen molar-refractivity contribution >= 4 is 5.91 Å². The molecule has 16 heavy (non-hydrogen) atoms. The molecule has 4 nitrogen and oxygen atoms in total. The Labute approximate surface area is 99.1 Å². The molecule has 2 atom stereocenters. The van der Waals surface area contributed by atoms with Crippen molar-refractivity contribution < 1.29 is 9.53 Å². The van der Waals surface area contributed by atoms with Crippen LogP contribution >= 0.6 is 0 Å². The smallest absolute Gasteiger partial charge is 0.224 e. The van der Waals surface area contributed by atoms with Gasteiger partial charge in [0.1, 0.15) is 0 Å². The Bertz CT molecular complexity index is 195. The molecule has 4 heteroatoms. The monoisotopic (exact) mass is 230 g/mol. The Morgan fingerprint density at radius 1 is 1.31 bits per heavy atom. The van der Waals surface area contributed by atoms with Gasteiger partial charge >= 0.3 is 0 Å². The largest absolute Gasteiger partial charge is 0.380 e. The molecule has 2 unspecified atom stereocenters. The second-order valence-electron chi connectivity index (χ2n) is 4.48. The first-order valence-electron chi connectivity index (χ1n) is 6.05. The van der Waals surface area contributed by atoms with Gasteiger partial charge in [-0.05, 0) is 19.9 Å². The number of hydrogen-bond donors (Lipinski definition) is 2. The lowest BCUT2D eigenvalue weighted by Crippen LogP contribution is -2.45. The molecule has 0 saturated heterocycles. The molecule has 0 bridgehead atoms. The van der Waals surface area contributed by atoms with Gasteiger partial charge in [0, 0.05) is 19.1 Å². The quantitative estimate of drug-likeness (QED) is 0.654. The van der Waals surface area contributed by atoms with Gasteiger partial charge in [-0.2, -0.15) is 0 Å². The summed E-state index contributed by atoms with van der Waals surface area (Å²) < 4.78 is 5.37. The maximum atomic E-state index is 11.8. The van der Waals surface area contributed by atoms with E-state index >= 15 is 0 Å². The Balaban J connectivity index is 4.11. The average Bonchev–Trinajstić information content (AvgIpc) is 2.23. The summed E-state index contributed by atoms with van der Waals surface area (Å²) in [5.74, 6) is 0.470. The second-order valence-corrected chi connectivity index (χ2v) is 4.48. The van der Waals surface area contributed by atoms with Gasteiger partial charge in [0.2, 0.25) is 5.91 Å². The first kappa shape index (κ1) is 15.4. The molecule has 0 aromatic carbocycles. The maximum Gasteiger partial charge on any atom is 0.224 e. The highest BCUT2D eigenvalue weighted by Crippen LogP contribution is 2.04. The van der Waals surface area contributed by atoms with Crippen molar-refractivity contribution in [1.29, 1.82) is 0 Å². The van der Waals surface area contributed by atoms with E-state index in [2.05, 4.69) is 24.5 Å². The van der Waals surface area contributed by atoms with Crippen molar-refractivity contribution in [2.24, 2.45) is 11.8 Å². The van der Waals surface area contributed by atoms with Gasteiger partial charge in [-0.15, -0.1) is 0 Å². The van der Waals surface area contributed by atoms with Crippen LogP contribution in [0.2, 0.25) is 0 Å². The van der Waals surface area contributed by atoms with Crippen LogP contribution in [0.4, 0.5) is 0 Å². The van der Waals surface area contributed by atoms with Crippen molar-refractivity contribution in [3.8, 4) is 0 Å². The fraction of sp³-hybridized carbons (Fsp3) is 0.917.